The van der Waals surface area contributed by atoms with E-state index in [0.29, 0.717) is 19.3 Å². The summed E-state index contributed by atoms with van der Waals surface area (Å²) in [6.45, 7) is 5.73. The molecular formula is C45H85NO9. The fourth-order valence-corrected chi connectivity index (χ4v) is 7.18. The van der Waals surface area contributed by atoms with E-state index in [-0.39, 0.29) is 6.61 Å². The average molecular weight is 784 g/mol. The van der Waals surface area contributed by atoms with Crippen molar-refractivity contribution in [3.63, 3.8) is 0 Å². The first-order valence-electron chi connectivity index (χ1n) is 22.6. The molecular weight excluding hydrogens is 698 g/mol. The van der Waals surface area contributed by atoms with E-state index in [9.17, 15) is 35.4 Å². The highest BCUT2D eigenvalue weighted by molar-refractivity contribution is 5.80. The van der Waals surface area contributed by atoms with Gasteiger partial charge in [-0.05, 0) is 39.0 Å². The highest BCUT2D eigenvalue weighted by Gasteiger charge is 2.44. The van der Waals surface area contributed by atoms with E-state index in [2.05, 4.69) is 32.2 Å². The van der Waals surface area contributed by atoms with Crippen LogP contribution in [0.25, 0.3) is 0 Å². The van der Waals surface area contributed by atoms with Crippen LogP contribution < -0.4 is 5.32 Å². The molecule has 7 N–H and O–H groups in total. The molecule has 1 fully saturated rings. The molecule has 1 saturated heterocycles. The number of nitrogens with one attached hydrogen (secondary N) is 1. The molecule has 0 aromatic rings. The SMILES string of the molecule is CCCCCCCCCCCCCCCCCC[C@H](O)C(=O)N[C@@H](COC1OC(CO)C(O)C(O)C1O)[C@H](O)/C=C/CC/C=C(\C)CCCCCCCCC. The minimum atomic E-state index is -1.61. The van der Waals surface area contributed by atoms with Crippen LogP contribution in [0.4, 0.5) is 0 Å². The molecule has 324 valence electrons. The van der Waals surface area contributed by atoms with E-state index in [1.54, 1.807) is 6.08 Å². The van der Waals surface area contributed by atoms with Crippen LogP contribution in [0, 0.1) is 0 Å². The number of ether oxygens (including phenoxy) is 2. The fourth-order valence-electron chi connectivity index (χ4n) is 7.18. The molecule has 1 aliphatic rings. The van der Waals surface area contributed by atoms with Gasteiger partial charge in [-0.15, -0.1) is 0 Å². The number of aliphatic hydroxyl groups excluding tert-OH is 6. The maximum atomic E-state index is 13.0. The van der Waals surface area contributed by atoms with Crippen molar-refractivity contribution in [3.8, 4) is 0 Å². The number of aliphatic hydroxyl groups is 6. The third-order valence-electron chi connectivity index (χ3n) is 11.0. The number of rotatable bonds is 36. The lowest BCUT2D eigenvalue weighted by Crippen LogP contribution is -2.60. The molecule has 0 saturated carbocycles. The number of hydrogen-bond acceptors (Lipinski definition) is 9. The Morgan fingerprint density at radius 1 is 0.691 bits per heavy atom. The Balaban J connectivity index is 2.50. The van der Waals surface area contributed by atoms with Crippen molar-refractivity contribution in [3.05, 3.63) is 23.8 Å². The number of amides is 1. The second kappa shape index (κ2) is 34.7. The molecule has 1 rings (SSSR count). The van der Waals surface area contributed by atoms with Gasteiger partial charge in [0.15, 0.2) is 6.29 Å². The van der Waals surface area contributed by atoms with Crippen molar-refractivity contribution in [2.24, 2.45) is 0 Å². The zero-order valence-electron chi connectivity index (χ0n) is 35.3. The standard InChI is InChI=1S/C45H85NO9/c1-4-6-8-10-12-13-14-15-16-17-18-19-20-22-24-28-33-39(49)44(53)46-37(35-54-45-43(52)42(51)41(50)40(34-47)55-45)38(48)32-29-25-27-31-36(3)30-26-23-21-11-9-7-5-2/h29,31-32,37-43,45,47-52H,4-28,30,33-35H2,1-3H3,(H,46,53)/b32-29+,36-31+/t37-,38+,39-,40?,41?,42?,43?,45?/m0/s1. The van der Waals surface area contributed by atoms with E-state index in [0.717, 1.165) is 32.1 Å². The summed E-state index contributed by atoms with van der Waals surface area (Å²) in [5.74, 6) is -0.625. The van der Waals surface area contributed by atoms with Crippen molar-refractivity contribution in [2.45, 2.75) is 243 Å². The van der Waals surface area contributed by atoms with E-state index in [1.165, 1.54) is 128 Å². The highest BCUT2D eigenvalue weighted by atomic mass is 16.7. The number of carbonyl (C=O) groups is 1. The van der Waals surface area contributed by atoms with Crippen LogP contribution in [-0.2, 0) is 14.3 Å². The molecule has 0 radical (unpaired) electrons. The highest BCUT2D eigenvalue weighted by Crippen LogP contribution is 2.23. The molecule has 8 atom stereocenters. The molecule has 0 bridgehead atoms. The fraction of sp³-hybridized carbons (Fsp3) is 0.889. The molecule has 0 aliphatic carbocycles. The quantitative estimate of drug-likeness (QED) is 0.0245. The number of allylic oxidation sites excluding steroid dienone is 3. The van der Waals surface area contributed by atoms with Crippen LogP contribution in [0.1, 0.15) is 194 Å². The van der Waals surface area contributed by atoms with Crippen LogP contribution >= 0.6 is 0 Å². The Bertz CT molecular complexity index is 961. The van der Waals surface area contributed by atoms with Crippen molar-refractivity contribution in [2.75, 3.05) is 13.2 Å². The summed E-state index contributed by atoms with van der Waals surface area (Å²) in [5.41, 5.74) is 1.36. The van der Waals surface area contributed by atoms with Crippen LogP contribution in [0.3, 0.4) is 0 Å². The van der Waals surface area contributed by atoms with E-state index in [4.69, 9.17) is 9.47 Å². The Kier molecular flexibility index (Phi) is 32.5. The maximum absolute atomic E-state index is 13.0. The summed E-state index contributed by atoms with van der Waals surface area (Å²) in [6.07, 6.45) is 27.7. The minimum absolute atomic E-state index is 0.307. The number of carbonyl (C=O) groups excluding carboxylic acids is 1. The molecule has 0 aromatic carbocycles. The smallest absolute Gasteiger partial charge is 0.249 e. The topological polar surface area (TPSA) is 169 Å². The zero-order chi connectivity index (χ0) is 40.5. The molecule has 10 heteroatoms. The molecule has 55 heavy (non-hydrogen) atoms. The predicted octanol–water partition coefficient (Wildman–Crippen LogP) is 8.08. The molecule has 1 amide bonds. The van der Waals surface area contributed by atoms with Gasteiger partial charge in [-0.25, -0.2) is 0 Å². The monoisotopic (exact) mass is 784 g/mol. The van der Waals surface area contributed by atoms with Crippen molar-refractivity contribution < 1.29 is 44.9 Å². The normalized spacial score (nSPS) is 22.3. The summed E-state index contributed by atoms with van der Waals surface area (Å²) in [7, 11) is 0. The lowest BCUT2D eigenvalue weighted by molar-refractivity contribution is -0.302. The lowest BCUT2D eigenvalue weighted by atomic mass is 9.99. The average Bonchev–Trinajstić information content (AvgIpc) is 3.18. The molecule has 1 heterocycles. The summed E-state index contributed by atoms with van der Waals surface area (Å²) in [5, 5.41) is 64.7. The van der Waals surface area contributed by atoms with Crippen LogP contribution in [0.15, 0.2) is 23.8 Å². The van der Waals surface area contributed by atoms with Crippen molar-refractivity contribution in [1.82, 2.24) is 5.32 Å². The summed E-state index contributed by atoms with van der Waals surface area (Å²) in [4.78, 5) is 13.0. The van der Waals surface area contributed by atoms with Gasteiger partial charge in [-0.1, -0.05) is 179 Å². The Morgan fingerprint density at radius 2 is 1.18 bits per heavy atom. The third kappa shape index (κ3) is 25.6. The predicted molar refractivity (Wildman–Crippen MR) is 223 cm³/mol. The number of unbranched alkanes of at least 4 members (excludes halogenated alkanes) is 22. The Morgan fingerprint density at radius 3 is 1.69 bits per heavy atom. The van der Waals surface area contributed by atoms with Gasteiger partial charge in [-0.2, -0.15) is 0 Å². The molecule has 5 unspecified atom stereocenters. The lowest BCUT2D eigenvalue weighted by Gasteiger charge is -2.40. The van der Waals surface area contributed by atoms with E-state index < -0.39 is 61.5 Å². The minimum Gasteiger partial charge on any atom is -0.394 e. The van der Waals surface area contributed by atoms with E-state index >= 15 is 0 Å². The van der Waals surface area contributed by atoms with Crippen molar-refractivity contribution >= 4 is 5.91 Å². The Hall–Kier alpha value is -1.37. The zero-order valence-corrected chi connectivity index (χ0v) is 35.3. The van der Waals surface area contributed by atoms with Gasteiger partial charge in [0.05, 0.1) is 25.4 Å². The molecule has 10 nitrogen and oxygen atoms in total. The van der Waals surface area contributed by atoms with Crippen LogP contribution in [0.5, 0.6) is 0 Å². The van der Waals surface area contributed by atoms with E-state index in [1.807, 2.05) is 6.08 Å². The van der Waals surface area contributed by atoms with Gasteiger partial charge in [0, 0.05) is 0 Å². The molecule has 0 spiro atoms. The molecule has 1 aliphatic heterocycles. The third-order valence-corrected chi connectivity index (χ3v) is 11.0. The van der Waals surface area contributed by atoms with Crippen molar-refractivity contribution in [1.29, 1.82) is 0 Å². The number of hydrogen-bond donors (Lipinski definition) is 7. The second-order valence-corrected chi connectivity index (χ2v) is 16.2. The summed E-state index contributed by atoms with van der Waals surface area (Å²) < 4.78 is 11.1. The Labute approximate surface area is 335 Å². The van der Waals surface area contributed by atoms with Gasteiger partial charge < -0.3 is 45.4 Å². The summed E-state index contributed by atoms with van der Waals surface area (Å²) >= 11 is 0. The first kappa shape index (κ1) is 51.6. The van der Waals surface area contributed by atoms with Gasteiger partial charge in [0.1, 0.15) is 30.5 Å². The summed E-state index contributed by atoms with van der Waals surface area (Å²) in [6, 6.07) is -0.994. The molecule has 0 aromatic heterocycles. The van der Waals surface area contributed by atoms with Gasteiger partial charge in [-0.3, -0.25) is 4.79 Å². The first-order valence-corrected chi connectivity index (χ1v) is 22.6. The van der Waals surface area contributed by atoms with Crippen LogP contribution in [-0.4, -0.2) is 98.7 Å². The van der Waals surface area contributed by atoms with Gasteiger partial charge in [0.25, 0.3) is 0 Å². The van der Waals surface area contributed by atoms with Crippen LogP contribution in [0.2, 0.25) is 0 Å². The largest absolute Gasteiger partial charge is 0.394 e. The maximum Gasteiger partial charge on any atom is 0.249 e. The van der Waals surface area contributed by atoms with Gasteiger partial charge in [0.2, 0.25) is 5.91 Å². The second-order valence-electron chi connectivity index (χ2n) is 16.2. The first-order chi connectivity index (χ1) is 26.7. The van der Waals surface area contributed by atoms with Gasteiger partial charge >= 0.3 is 0 Å².